The topological polar surface area (TPSA) is 40.5 Å². The van der Waals surface area contributed by atoms with E-state index in [0.29, 0.717) is 17.9 Å². The van der Waals surface area contributed by atoms with Crippen LogP contribution in [0, 0.1) is 34.5 Å². The molecule has 3 nitrogen and oxygen atoms in total. The summed E-state index contributed by atoms with van der Waals surface area (Å²) in [4.78, 5) is 14.4. The zero-order valence-corrected chi connectivity index (χ0v) is 15.8. The summed E-state index contributed by atoms with van der Waals surface area (Å²) in [5.41, 5.74) is 2.17. The molecule has 4 fully saturated rings. The smallest absolute Gasteiger partial charge is 0.303 e. The number of nitrogens with zero attached hydrogens (tertiary/aromatic N) is 1. The first kappa shape index (κ1) is 16.4. The number of aliphatic carboxylic acids is 1. The highest BCUT2D eigenvalue weighted by Crippen LogP contribution is 2.72. The minimum atomic E-state index is -0.604. The van der Waals surface area contributed by atoms with Gasteiger partial charge in [-0.2, -0.15) is 0 Å². The monoisotopic (exact) mass is 343 g/mol. The summed E-state index contributed by atoms with van der Waals surface area (Å²) in [6.07, 6.45) is 11.7. The van der Waals surface area contributed by atoms with Gasteiger partial charge in [-0.05, 0) is 74.0 Å². The third-order valence-corrected chi connectivity index (χ3v) is 9.36. The van der Waals surface area contributed by atoms with Crippen LogP contribution in [0.2, 0.25) is 0 Å². The summed E-state index contributed by atoms with van der Waals surface area (Å²) >= 11 is 0. The predicted molar refractivity (Wildman–Crippen MR) is 98.2 cm³/mol. The van der Waals surface area contributed by atoms with Gasteiger partial charge in [0.25, 0.3) is 0 Å². The molecular weight excluding hydrogens is 310 g/mol. The van der Waals surface area contributed by atoms with E-state index < -0.39 is 5.97 Å². The lowest BCUT2D eigenvalue weighted by Crippen LogP contribution is -2.67. The van der Waals surface area contributed by atoms with E-state index in [1.807, 2.05) is 0 Å². The van der Waals surface area contributed by atoms with Gasteiger partial charge in [-0.1, -0.05) is 25.5 Å². The van der Waals surface area contributed by atoms with Gasteiger partial charge in [0.1, 0.15) is 0 Å². The minimum absolute atomic E-state index is 0.139. The summed E-state index contributed by atoms with van der Waals surface area (Å²) in [6.45, 7) is 7.54. The van der Waals surface area contributed by atoms with E-state index in [-0.39, 0.29) is 5.41 Å². The molecule has 0 aromatic rings. The van der Waals surface area contributed by atoms with Crippen LogP contribution >= 0.6 is 0 Å². The van der Waals surface area contributed by atoms with Crippen LogP contribution in [0.4, 0.5) is 0 Å². The molecule has 0 amide bonds. The maximum Gasteiger partial charge on any atom is 0.303 e. The number of hydrogen-bond donors (Lipinski definition) is 1. The van der Waals surface area contributed by atoms with Crippen molar-refractivity contribution in [3.8, 4) is 0 Å². The molecule has 7 unspecified atom stereocenters. The molecule has 0 aromatic carbocycles. The fourth-order valence-electron chi connectivity index (χ4n) is 8.39. The van der Waals surface area contributed by atoms with Crippen molar-refractivity contribution in [2.24, 2.45) is 34.5 Å². The average molecular weight is 344 g/mol. The van der Waals surface area contributed by atoms with Gasteiger partial charge in [0.2, 0.25) is 0 Å². The molecule has 2 aliphatic heterocycles. The highest BCUT2D eigenvalue weighted by Gasteiger charge is 2.69. The van der Waals surface area contributed by atoms with Crippen molar-refractivity contribution >= 4 is 5.97 Å². The number of allylic oxidation sites excluding steroid dienone is 1. The molecule has 2 saturated carbocycles. The van der Waals surface area contributed by atoms with Crippen molar-refractivity contribution in [2.45, 2.75) is 71.3 Å². The van der Waals surface area contributed by atoms with E-state index in [1.165, 1.54) is 51.6 Å². The Morgan fingerprint density at radius 2 is 2.12 bits per heavy atom. The SMILES string of the molecule is CC1CN2CC3CCC4CCC=C4C4(CCC(=O)O)C2C1CCC34C. The lowest BCUT2D eigenvalue weighted by molar-refractivity contribution is -0.153. The molecule has 0 aromatic heterocycles. The molecule has 7 atom stereocenters. The van der Waals surface area contributed by atoms with Crippen molar-refractivity contribution in [1.29, 1.82) is 0 Å². The van der Waals surface area contributed by atoms with E-state index in [2.05, 4.69) is 24.8 Å². The van der Waals surface area contributed by atoms with Crippen LogP contribution in [0.15, 0.2) is 11.6 Å². The minimum Gasteiger partial charge on any atom is -0.481 e. The predicted octanol–water partition coefficient (Wildman–Crippen LogP) is 4.33. The number of carboxylic acids is 1. The van der Waals surface area contributed by atoms with Gasteiger partial charge in [-0.3, -0.25) is 9.69 Å². The van der Waals surface area contributed by atoms with Crippen molar-refractivity contribution in [3.63, 3.8) is 0 Å². The Kier molecular flexibility index (Phi) is 3.49. The lowest BCUT2D eigenvalue weighted by atomic mass is 9.42. The number of hydrogen-bond acceptors (Lipinski definition) is 2. The second kappa shape index (κ2) is 5.34. The van der Waals surface area contributed by atoms with Gasteiger partial charge in [0.15, 0.2) is 0 Å². The van der Waals surface area contributed by atoms with E-state index in [4.69, 9.17) is 0 Å². The van der Waals surface area contributed by atoms with Gasteiger partial charge >= 0.3 is 5.97 Å². The molecule has 138 valence electrons. The van der Waals surface area contributed by atoms with Crippen molar-refractivity contribution in [2.75, 3.05) is 13.1 Å². The Morgan fingerprint density at radius 3 is 2.92 bits per heavy atom. The Labute approximate surface area is 151 Å². The molecule has 2 heterocycles. The van der Waals surface area contributed by atoms with Crippen LogP contribution in [0.25, 0.3) is 0 Å². The van der Waals surface area contributed by atoms with Gasteiger partial charge in [0, 0.05) is 31.0 Å². The van der Waals surface area contributed by atoms with Crippen LogP contribution in [0.5, 0.6) is 0 Å². The van der Waals surface area contributed by atoms with E-state index in [9.17, 15) is 9.90 Å². The van der Waals surface area contributed by atoms with Gasteiger partial charge in [-0.25, -0.2) is 0 Å². The maximum absolute atomic E-state index is 11.6. The largest absolute Gasteiger partial charge is 0.481 e. The van der Waals surface area contributed by atoms with Crippen LogP contribution in [0.3, 0.4) is 0 Å². The third kappa shape index (κ3) is 1.94. The number of carboxylic acid groups (broad SMARTS) is 1. The first-order chi connectivity index (χ1) is 12.0. The molecule has 4 bridgehead atoms. The zero-order valence-electron chi connectivity index (χ0n) is 15.8. The summed E-state index contributed by atoms with van der Waals surface area (Å²) in [5.74, 6) is 2.46. The van der Waals surface area contributed by atoms with Crippen molar-refractivity contribution < 1.29 is 9.90 Å². The standard InChI is InChI=1S/C22H33NO2/c1-14-12-23-13-16-7-6-15-4-3-5-18(15)22(11-9-19(24)25)20(23)17(14)8-10-21(16,22)2/h5,14-17,20H,3-4,6-13H2,1-2H3,(H,24,25). The highest BCUT2D eigenvalue weighted by atomic mass is 16.4. The molecule has 3 heteroatoms. The van der Waals surface area contributed by atoms with E-state index >= 15 is 0 Å². The highest BCUT2D eigenvalue weighted by molar-refractivity contribution is 5.67. The first-order valence-electron chi connectivity index (χ1n) is 10.6. The lowest BCUT2D eigenvalue weighted by Gasteiger charge is -2.66. The van der Waals surface area contributed by atoms with Crippen LogP contribution in [-0.2, 0) is 4.79 Å². The molecule has 1 N–H and O–H groups in total. The molecule has 3 aliphatic carbocycles. The van der Waals surface area contributed by atoms with Gasteiger partial charge in [-0.15, -0.1) is 0 Å². The van der Waals surface area contributed by atoms with Gasteiger partial charge in [0.05, 0.1) is 0 Å². The Morgan fingerprint density at radius 1 is 1.28 bits per heavy atom. The quantitative estimate of drug-likeness (QED) is 0.775. The Balaban J connectivity index is 1.71. The number of rotatable bonds is 3. The van der Waals surface area contributed by atoms with Crippen LogP contribution in [0.1, 0.15) is 65.2 Å². The van der Waals surface area contributed by atoms with Gasteiger partial charge < -0.3 is 5.11 Å². The average Bonchev–Trinajstić information content (AvgIpc) is 3.14. The maximum atomic E-state index is 11.6. The third-order valence-electron chi connectivity index (χ3n) is 9.36. The fourth-order valence-corrected chi connectivity index (χ4v) is 8.39. The molecule has 5 aliphatic rings. The molecule has 5 rings (SSSR count). The molecule has 0 spiro atoms. The molecular formula is C22H33NO2. The second-order valence-corrected chi connectivity index (χ2v) is 10.1. The van der Waals surface area contributed by atoms with E-state index in [1.54, 1.807) is 5.57 Å². The summed E-state index contributed by atoms with van der Waals surface area (Å²) < 4.78 is 0. The Bertz CT molecular complexity index is 628. The van der Waals surface area contributed by atoms with Crippen molar-refractivity contribution in [1.82, 2.24) is 4.90 Å². The van der Waals surface area contributed by atoms with Crippen LogP contribution < -0.4 is 0 Å². The Hall–Kier alpha value is -0.830. The van der Waals surface area contributed by atoms with Crippen LogP contribution in [-0.4, -0.2) is 35.1 Å². The summed E-state index contributed by atoms with van der Waals surface area (Å²) in [7, 11) is 0. The molecule has 25 heavy (non-hydrogen) atoms. The number of carbonyl (C=O) groups is 1. The number of fused-ring (bicyclic) bond motifs is 1. The second-order valence-electron chi connectivity index (χ2n) is 10.1. The number of piperidine rings is 1. The first-order valence-corrected chi connectivity index (χ1v) is 10.6. The molecule has 2 saturated heterocycles. The summed E-state index contributed by atoms with van der Waals surface area (Å²) in [5, 5.41) is 9.56. The fraction of sp³-hybridized carbons (Fsp3) is 0.864. The molecule has 0 radical (unpaired) electrons. The van der Waals surface area contributed by atoms with Crippen molar-refractivity contribution in [3.05, 3.63) is 11.6 Å². The normalized spacial score (nSPS) is 51.0. The zero-order chi connectivity index (χ0) is 17.4. The van der Waals surface area contributed by atoms with E-state index in [0.717, 1.165) is 30.1 Å². The summed E-state index contributed by atoms with van der Waals surface area (Å²) in [6, 6.07) is 0.613.